The van der Waals surface area contributed by atoms with E-state index in [1.165, 1.54) is 5.56 Å². The van der Waals surface area contributed by atoms with E-state index in [1.807, 2.05) is 49.9 Å². The van der Waals surface area contributed by atoms with Gasteiger partial charge in [0.15, 0.2) is 6.21 Å². The second-order valence-corrected chi connectivity index (χ2v) is 7.97. The van der Waals surface area contributed by atoms with Gasteiger partial charge in [-0.2, -0.15) is 4.74 Å². The van der Waals surface area contributed by atoms with Crippen molar-refractivity contribution in [2.75, 3.05) is 6.54 Å². The summed E-state index contributed by atoms with van der Waals surface area (Å²) in [6.45, 7) is 10.5. The summed E-state index contributed by atoms with van der Waals surface area (Å²) in [7, 11) is 0. The molecule has 1 saturated heterocycles. The Labute approximate surface area is 135 Å². The molecule has 0 aliphatic carbocycles. The molecule has 112 valence electrons. The lowest BCUT2D eigenvalue weighted by molar-refractivity contribution is -0.523. The number of nitrogens with zero attached hydrogens (tertiary/aromatic N) is 2. The number of thiocarbonyl (C=S) groups is 1. The molecule has 1 aromatic carbocycles. The maximum absolute atomic E-state index is 12.7. The van der Waals surface area contributed by atoms with Crippen molar-refractivity contribution in [3.05, 3.63) is 53.3 Å². The summed E-state index contributed by atoms with van der Waals surface area (Å²) in [5.74, 6) is 0. The van der Waals surface area contributed by atoms with Crippen molar-refractivity contribution in [3.63, 3.8) is 0 Å². The number of thioether (sulfide) groups is 1. The normalized spacial score (nSPS) is 21.7. The van der Waals surface area contributed by atoms with Crippen molar-refractivity contribution in [1.29, 1.82) is 0 Å². The van der Waals surface area contributed by atoms with Gasteiger partial charge in [-0.3, -0.25) is 4.90 Å². The van der Waals surface area contributed by atoms with Gasteiger partial charge >= 0.3 is 0 Å². The number of benzene rings is 1. The molecule has 0 spiro atoms. The molecule has 0 unspecified atom stereocenters. The summed E-state index contributed by atoms with van der Waals surface area (Å²) in [4.78, 5) is 1.94. The second-order valence-electron chi connectivity index (χ2n) is 5.69. The Morgan fingerprint density at radius 1 is 1.43 bits per heavy atom. The van der Waals surface area contributed by atoms with E-state index in [4.69, 9.17) is 12.2 Å². The molecular formula is C16H20N2OS2. The quantitative estimate of drug-likeness (QED) is 0.212. The molecule has 0 radical (unpaired) electrons. The van der Waals surface area contributed by atoms with E-state index in [-0.39, 0.29) is 10.9 Å². The Morgan fingerprint density at radius 2 is 2.05 bits per heavy atom. The summed E-state index contributed by atoms with van der Waals surface area (Å²) >= 11 is 6.96. The minimum absolute atomic E-state index is 0.261. The molecule has 1 fully saturated rings. The number of hydroxylamine groups is 1. The molecule has 0 bridgehead atoms. The van der Waals surface area contributed by atoms with E-state index in [2.05, 4.69) is 6.58 Å². The van der Waals surface area contributed by atoms with Gasteiger partial charge in [-0.1, -0.05) is 47.8 Å². The van der Waals surface area contributed by atoms with Gasteiger partial charge in [-0.15, -0.1) is 6.58 Å². The number of aryl methyl sites for hydroxylation is 1. The lowest BCUT2D eigenvalue weighted by Crippen LogP contribution is -2.47. The molecule has 3 nitrogen and oxygen atoms in total. The van der Waals surface area contributed by atoms with Crippen LogP contribution in [0, 0.1) is 12.1 Å². The first-order valence-corrected chi connectivity index (χ1v) is 8.05. The van der Waals surface area contributed by atoms with Crippen LogP contribution in [0.5, 0.6) is 0 Å². The van der Waals surface area contributed by atoms with Crippen molar-refractivity contribution < 1.29 is 4.74 Å². The largest absolute Gasteiger partial charge is 0.622 e. The number of hydrogen-bond donors (Lipinski definition) is 0. The number of hydrogen-bond acceptors (Lipinski definition) is 3. The van der Waals surface area contributed by atoms with Crippen molar-refractivity contribution in [2.24, 2.45) is 0 Å². The SMILES string of the molecule is C=CCN1C(=S)SC(C)(C)[C@H]1/[N+]([O-])=C/c1ccc(C)cc1. The fourth-order valence-electron chi connectivity index (χ4n) is 2.44. The van der Waals surface area contributed by atoms with Crippen LogP contribution in [-0.2, 0) is 0 Å². The average Bonchev–Trinajstić information content (AvgIpc) is 2.62. The third-order valence-electron chi connectivity index (χ3n) is 3.42. The smallest absolute Gasteiger partial charge is 0.254 e. The van der Waals surface area contributed by atoms with Crippen LogP contribution in [0.1, 0.15) is 25.0 Å². The van der Waals surface area contributed by atoms with Crippen LogP contribution in [0.25, 0.3) is 0 Å². The van der Waals surface area contributed by atoms with Gasteiger partial charge in [-0.05, 0) is 32.9 Å². The third kappa shape index (κ3) is 3.47. The molecule has 0 amide bonds. The highest BCUT2D eigenvalue weighted by molar-refractivity contribution is 8.24. The van der Waals surface area contributed by atoms with Crippen LogP contribution in [0.3, 0.4) is 0 Å². The molecule has 5 heteroatoms. The minimum Gasteiger partial charge on any atom is -0.622 e. The van der Waals surface area contributed by atoms with Gasteiger partial charge in [0.25, 0.3) is 6.17 Å². The van der Waals surface area contributed by atoms with Crippen LogP contribution in [-0.4, -0.2) is 37.6 Å². The van der Waals surface area contributed by atoms with Gasteiger partial charge in [0, 0.05) is 12.1 Å². The van der Waals surface area contributed by atoms with Crippen LogP contribution in [0.4, 0.5) is 0 Å². The van der Waals surface area contributed by atoms with Crippen LogP contribution >= 0.6 is 24.0 Å². The topological polar surface area (TPSA) is 29.3 Å². The van der Waals surface area contributed by atoms with Crippen molar-refractivity contribution in [2.45, 2.75) is 31.7 Å². The second kappa shape index (κ2) is 6.20. The molecule has 1 aromatic rings. The maximum Gasteiger partial charge on any atom is 0.254 e. The Kier molecular flexibility index (Phi) is 4.74. The first-order chi connectivity index (χ1) is 9.85. The lowest BCUT2D eigenvalue weighted by atomic mass is 10.1. The zero-order valence-electron chi connectivity index (χ0n) is 12.6. The van der Waals surface area contributed by atoms with Crippen LogP contribution in [0.2, 0.25) is 0 Å². The van der Waals surface area contributed by atoms with Crippen molar-refractivity contribution >= 4 is 34.5 Å². The van der Waals surface area contributed by atoms with E-state index >= 15 is 0 Å². The first kappa shape index (κ1) is 16.0. The van der Waals surface area contributed by atoms with E-state index in [0.29, 0.717) is 6.54 Å². The molecule has 21 heavy (non-hydrogen) atoms. The summed E-state index contributed by atoms with van der Waals surface area (Å²) in [6.07, 6.45) is 3.09. The minimum atomic E-state index is -0.325. The van der Waals surface area contributed by atoms with Gasteiger partial charge in [0.1, 0.15) is 9.07 Å². The Balaban J connectivity index is 2.33. The highest BCUT2D eigenvalue weighted by Crippen LogP contribution is 2.41. The summed E-state index contributed by atoms with van der Waals surface area (Å²) in [6, 6.07) is 7.90. The molecule has 0 saturated carbocycles. The van der Waals surface area contributed by atoms with Gasteiger partial charge < -0.3 is 5.21 Å². The van der Waals surface area contributed by atoms with Crippen LogP contribution in [0.15, 0.2) is 36.9 Å². The van der Waals surface area contributed by atoms with E-state index in [1.54, 1.807) is 24.1 Å². The Morgan fingerprint density at radius 3 is 2.62 bits per heavy atom. The summed E-state index contributed by atoms with van der Waals surface area (Å²) in [5.41, 5.74) is 2.07. The molecular weight excluding hydrogens is 300 g/mol. The van der Waals surface area contributed by atoms with Crippen LogP contribution < -0.4 is 0 Å². The monoisotopic (exact) mass is 320 g/mol. The summed E-state index contributed by atoms with van der Waals surface area (Å²) in [5, 5.41) is 12.7. The van der Waals surface area contributed by atoms with Gasteiger partial charge in [0.05, 0.1) is 0 Å². The maximum atomic E-state index is 12.7. The van der Waals surface area contributed by atoms with E-state index in [9.17, 15) is 5.21 Å². The third-order valence-corrected chi connectivity index (χ3v) is 5.05. The zero-order valence-corrected chi connectivity index (χ0v) is 14.2. The molecule has 1 aliphatic rings. The predicted molar refractivity (Wildman–Crippen MR) is 94.9 cm³/mol. The summed E-state index contributed by atoms with van der Waals surface area (Å²) < 4.78 is 1.51. The van der Waals surface area contributed by atoms with Crippen molar-refractivity contribution in [1.82, 2.24) is 4.90 Å². The van der Waals surface area contributed by atoms with E-state index < -0.39 is 0 Å². The molecule has 0 aromatic heterocycles. The zero-order chi connectivity index (χ0) is 15.6. The van der Waals surface area contributed by atoms with E-state index in [0.717, 1.165) is 14.6 Å². The molecule has 1 atom stereocenters. The highest BCUT2D eigenvalue weighted by atomic mass is 32.2. The van der Waals surface area contributed by atoms with Gasteiger partial charge in [-0.25, -0.2) is 0 Å². The molecule has 2 rings (SSSR count). The standard InChI is InChI=1S/C16H20N2OS2/c1-5-10-17-14(16(3,4)21-15(17)20)18(19)11-13-8-6-12(2)7-9-13/h5-9,11,14H,1,10H2,2-4H3/b18-11-/t14-/m1/s1. The lowest BCUT2D eigenvalue weighted by Gasteiger charge is -2.29. The highest BCUT2D eigenvalue weighted by Gasteiger charge is 2.49. The number of rotatable bonds is 4. The van der Waals surface area contributed by atoms with Crippen molar-refractivity contribution in [3.8, 4) is 0 Å². The van der Waals surface area contributed by atoms with Gasteiger partial charge in [0.2, 0.25) is 0 Å². The molecule has 0 N–H and O–H groups in total. The fourth-order valence-corrected chi connectivity index (χ4v) is 4.34. The molecule has 1 heterocycles. The Bertz CT molecular complexity index is 578. The fraction of sp³-hybridized carbons (Fsp3) is 0.375. The predicted octanol–water partition coefficient (Wildman–Crippen LogP) is 3.55. The molecule has 1 aliphatic heterocycles. The average molecular weight is 320 g/mol. The Hall–Kier alpha value is -1.33. The first-order valence-electron chi connectivity index (χ1n) is 6.82.